The lowest BCUT2D eigenvalue weighted by Gasteiger charge is -2.30. The molecule has 4 N–H and O–H groups in total. The number of primary amides is 1. The van der Waals surface area contributed by atoms with E-state index >= 15 is 0 Å². The second-order valence-corrected chi connectivity index (χ2v) is 7.78. The van der Waals surface area contributed by atoms with Gasteiger partial charge in [0.25, 0.3) is 5.91 Å². The zero-order chi connectivity index (χ0) is 21.1. The topological polar surface area (TPSA) is 110 Å². The summed E-state index contributed by atoms with van der Waals surface area (Å²) in [5.74, 6) is -0.443. The number of carbonyl (C=O) groups is 1. The maximum Gasteiger partial charge on any atom is 0.250 e. The quantitative estimate of drug-likeness (QED) is 0.554. The van der Waals surface area contributed by atoms with Gasteiger partial charge in [0.2, 0.25) is 0 Å². The van der Waals surface area contributed by atoms with Crippen molar-refractivity contribution >= 4 is 16.8 Å². The number of nitrogens with zero attached hydrogens (tertiary/aromatic N) is 3. The highest BCUT2D eigenvalue weighted by molar-refractivity contribution is 6.07. The maximum atomic E-state index is 12.4. The summed E-state index contributed by atoms with van der Waals surface area (Å²) < 4.78 is 15.0. The molecule has 1 aliphatic carbocycles. The van der Waals surface area contributed by atoms with E-state index in [-0.39, 0.29) is 12.1 Å². The van der Waals surface area contributed by atoms with Crippen molar-refractivity contribution < 1.29 is 14.3 Å². The van der Waals surface area contributed by atoms with Crippen LogP contribution in [0.25, 0.3) is 16.6 Å². The molecule has 0 aliphatic heterocycles. The van der Waals surface area contributed by atoms with Crippen molar-refractivity contribution in [2.75, 3.05) is 20.3 Å². The Kier molecular flexibility index (Phi) is 6.17. The predicted octanol–water partition coefficient (Wildman–Crippen LogP) is 2.53. The van der Waals surface area contributed by atoms with Crippen molar-refractivity contribution in [2.45, 2.75) is 44.4 Å². The molecule has 0 radical (unpaired) electrons. The molecule has 1 amide bonds. The average molecular weight is 412 g/mol. The van der Waals surface area contributed by atoms with Gasteiger partial charge >= 0.3 is 0 Å². The first kappa shape index (κ1) is 20.6. The third kappa shape index (κ3) is 3.98. The molecule has 30 heavy (non-hydrogen) atoms. The first-order valence-electron chi connectivity index (χ1n) is 10.4. The molecule has 0 saturated heterocycles. The van der Waals surface area contributed by atoms with Crippen LogP contribution in [0, 0.1) is 0 Å². The van der Waals surface area contributed by atoms with E-state index < -0.39 is 5.91 Å². The molecule has 8 nitrogen and oxygen atoms in total. The fraction of sp³-hybridized carbons (Fsp3) is 0.455. The van der Waals surface area contributed by atoms with Crippen molar-refractivity contribution in [3.8, 4) is 5.69 Å². The summed E-state index contributed by atoms with van der Waals surface area (Å²) in [6.45, 7) is 1.63. The molecule has 1 aliphatic rings. The molecule has 1 saturated carbocycles. The normalized spacial score (nSPS) is 19.4. The van der Waals surface area contributed by atoms with E-state index in [1.807, 2.05) is 16.8 Å². The summed E-state index contributed by atoms with van der Waals surface area (Å²) in [5, 5.41) is 0.968. The van der Waals surface area contributed by atoms with Crippen LogP contribution in [0.2, 0.25) is 0 Å². The van der Waals surface area contributed by atoms with E-state index in [9.17, 15) is 4.79 Å². The minimum atomic E-state index is -0.443. The van der Waals surface area contributed by atoms with E-state index in [0.29, 0.717) is 25.3 Å². The number of hydrogen-bond acceptors (Lipinski definition) is 5. The fourth-order valence-corrected chi connectivity index (χ4v) is 4.43. The highest BCUT2D eigenvalue weighted by atomic mass is 16.5. The number of rotatable bonds is 8. The van der Waals surface area contributed by atoms with Gasteiger partial charge in [-0.3, -0.25) is 4.79 Å². The highest BCUT2D eigenvalue weighted by Crippen LogP contribution is 2.36. The molecule has 2 heterocycles. The lowest BCUT2D eigenvalue weighted by molar-refractivity contribution is -0.00620. The summed E-state index contributed by atoms with van der Waals surface area (Å²) in [4.78, 5) is 16.5. The van der Waals surface area contributed by atoms with Crippen LogP contribution in [0.15, 0.2) is 37.1 Å². The van der Waals surface area contributed by atoms with E-state index in [0.717, 1.165) is 47.8 Å². The van der Waals surface area contributed by atoms with Crippen LogP contribution >= 0.6 is 0 Å². The Balaban J connectivity index is 1.68. The van der Waals surface area contributed by atoms with Gasteiger partial charge in [0.15, 0.2) is 0 Å². The minimum absolute atomic E-state index is 0.260. The van der Waals surface area contributed by atoms with Crippen LogP contribution in [-0.2, 0) is 16.0 Å². The second-order valence-electron chi connectivity index (χ2n) is 7.78. The number of methoxy groups -OCH3 is 1. The lowest BCUT2D eigenvalue weighted by atomic mass is 9.92. The largest absolute Gasteiger partial charge is 0.382 e. The maximum absolute atomic E-state index is 12.4. The number of hydrogen-bond donors (Lipinski definition) is 2. The zero-order valence-corrected chi connectivity index (χ0v) is 17.3. The molecular formula is C22H29N5O3. The molecule has 0 spiro atoms. The lowest BCUT2D eigenvalue weighted by Crippen LogP contribution is -2.25. The Morgan fingerprint density at radius 2 is 2.03 bits per heavy atom. The number of ether oxygens (including phenoxy) is 2. The number of carbonyl (C=O) groups excluding carboxylic acids is 1. The molecule has 2 aromatic heterocycles. The molecular weight excluding hydrogens is 382 g/mol. The van der Waals surface area contributed by atoms with Crippen LogP contribution in [0.3, 0.4) is 0 Å². The van der Waals surface area contributed by atoms with Crippen molar-refractivity contribution in [3.63, 3.8) is 0 Å². The number of aromatic nitrogens is 3. The summed E-state index contributed by atoms with van der Waals surface area (Å²) in [5.41, 5.74) is 15.1. The van der Waals surface area contributed by atoms with Crippen molar-refractivity contribution in [1.82, 2.24) is 14.1 Å². The van der Waals surface area contributed by atoms with Gasteiger partial charge in [0, 0.05) is 49.4 Å². The molecule has 4 rings (SSSR count). The summed E-state index contributed by atoms with van der Waals surface area (Å²) >= 11 is 0. The predicted molar refractivity (Wildman–Crippen MR) is 115 cm³/mol. The van der Waals surface area contributed by atoms with Gasteiger partial charge in [-0.2, -0.15) is 0 Å². The van der Waals surface area contributed by atoms with Gasteiger partial charge in [-0.05, 0) is 43.4 Å². The van der Waals surface area contributed by atoms with Gasteiger partial charge in [0.05, 0.1) is 36.7 Å². The van der Waals surface area contributed by atoms with E-state index in [1.54, 1.807) is 19.6 Å². The van der Waals surface area contributed by atoms with Crippen LogP contribution in [0.5, 0.6) is 0 Å². The molecule has 160 valence electrons. The molecule has 1 aromatic carbocycles. The highest BCUT2D eigenvalue weighted by Gasteiger charge is 2.26. The van der Waals surface area contributed by atoms with Crippen molar-refractivity contribution in [2.24, 2.45) is 11.5 Å². The third-order valence-electron chi connectivity index (χ3n) is 5.96. The summed E-state index contributed by atoms with van der Waals surface area (Å²) in [7, 11) is 1.68. The van der Waals surface area contributed by atoms with Crippen molar-refractivity contribution in [3.05, 3.63) is 48.2 Å². The number of amides is 1. The first-order chi connectivity index (χ1) is 14.6. The van der Waals surface area contributed by atoms with Crippen LogP contribution in [0.4, 0.5) is 0 Å². The summed E-state index contributed by atoms with van der Waals surface area (Å²) in [6, 6.07) is 4.18. The molecule has 0 atom stereocenters. The van der Waals surface area contributed by atoms with Crippen LogP contribution in [-0.4, -0.2) is 46.5 Å². The van der Waals surface area contributed by atoms with Crippen LogP contribution in [0.1, 0.15) is 47.6 Å². The molecule has 0 unspecified atom stereocenters. The van der Waals surface area contributed by atoms with Gasteiger partial charge in [0.1, 0.15) is 0 Å². The molecule has 3 aromatic rings. The Morgan fingerprint density at radius 1 is 1.23 bits per heavy atom. The molecule has 8 heteroatoms. The van der Waals surface area contributed by atoms with E-state index in [4.69, 9.17) is 20.9 Å². The van der Waals surface area contributed by atoms with Crippen molar-refractivity contribution in [1.29, 1.82) is 0 Å². The van der Waals surface area contributed by atoms with Gasteiger partial charge in [-0.15, -0.1) is 0 Å². The Hall–Kier alpha value is -2.68. The smallest absolute Gasteiger partial charge is 0.250 e. The van der Waals surface area contributed by atoms with Gasteiger partial charge < -0.3 is 30.1 Å². The number of fused-ring (bicyclic) bond motifs is 1. The molecule has 0 bridgehead atoms. The fourth-order valence-electron chi connectivity index (χ4n) is 4.43. The second kappa shape index (κ2) is 8.99. The van der Waals surface area contributed by atoms with Crippen LogP contribution < -0.4 is 11.5 Å². The average Bonchev–Trinajstić information content (AvgIpc) is 3.42. The Bertz CT molecular complexity index is 1000. The first-order valence-corrected chi connectivity index (χ1v) is 10.4. The monoisotopic (exact) mass is 411 g/mol. The van der Waals surface area contributed by atoms with Gasteiger partial charge in [-0.1, -0.05) is 0 Å². The standard InChI is InChI=1S/C22H29N5O3/c1-29-8-9-30-18-4-2-16(3-5-18)27-13-15(12-23)19-10-17(26-7-6-25-14-26)11-20(21(19)27)22(24)28/h6-7,10-11,13-14,16,18H,2-5,8-9,12,23H2,1H3,(H2,24,28). The summed E-state index contributed by atoms with van der Waals surface area (Å²) in [6.07, 6.45) is 11.5. The zero-order valence-electron chi connectivity index (χ0n) is 17.3. The van der Waals surface area contributed by atoms with E-state index in [2.05, 4.69) is 21.8 Å². The van der Waals surface area contributed by atoms with Gasteiger partial charge in [-0.25, -0.2) is 4.98 Å². The third-order valence-corrected chi connectivity index (χ3v) is 5.96. The SMILES string of the molecule is COCCOC1CCC(n2cc(CN)c3cc(-n4ccnc4)cc(C(N)=O)c32)CC1. The number of nitrogens with two attached hydrogens (primary N) is 2. The molecule has 1 fully saturated rings. The minimum Gasteiger partial charge on any atom is -0.382 e. The Labute approximate surface area is 175 Å². The Morgan fingerprint density at radius 3 is 2.67 bits per heavy atom. The number of benzene rings is 1. The number of imidazole rings is 1. The van der Waals surface area contributed by atoms with E-state index in [1.165, 1.54) is 0 Å².